The Hall–Kier alpha value is -2.28. The number of nitriles is 1. The highest BCUT2D eigenvalue weighted by molar-refractivity contribution is 5.67. The molecule has 68 valence electrons. The number of nitrogens with two attached hydrogens (primary N) is 1. The monoisotopic (exact) mass is 184 g/mol. The lowest BCUT2D eigenvalue weighted by Gasteiger charge is -1.98. The van der Waals surface area contributed by atoms with Crippen LogP contribution in [0.4, 0.5) is 5.95 Å². The average molecular weight is 184 g/mol. The summed E-state index contributed by atoms with van der Waals surface area (Å²) < 4.78 is 0. The number of hydrogen-bond donors (Lipinski definition) is 2. The maximum atomic E-state index is 8.87. The Morgan fingerprint density at radius 3 is 2.79 bits per heavy atom. The van der Waals surface area contributed by atoms with Crippen LogP contribution in [0, 0.1) is 11.3 Å². The van der Waals surface area contributed by atoms with Crippen molar-refractivity contribution in [3.63, 3.8) is 0 Å². The fourth-order valence-corrected chi connectivity index (χ4v) is 1.29. The third-order valence-corrected chi connectivity index (χ3v) is 1.93. The van der Waals surface area contributed by atoms with Crippen molar-refractivity contribution >= 4 is 5.95 Å². The first-order valence-corrected chi connectivity index (χ1v) is 4.11. The van der Waals surface area contributed by atoms with Gasteiger partial charge >= 0.3 is 0 Å². The van der Waals surface area contributed by atoms with Crippen LogP contribution in [0.5, 0.6) is 0 Å². The highest BCUT2D eigenvalue weighted by atomic mass is 15.0. The summed E-state index contributed by atoms with van der Waals surface area (Å²) in [6.45, 7) is 0. The third-order valence-electron chi connectivity index (χ3n) is 1.93. The maximum Gasteiger partial charge on any atom is 0.197 e. The molecule has 0 amide bonds. The van der Waals surface area contributed by atoms with Crippen LogP contribution in [0.1, 0.15) is 5.56 Å². The predicted molar refractivity (Wildman–Crippen MR) is 53.2 cm³/mol. The van der Waals surface area contributed by atoms with E-state index in [0.29, 0.717) is 11.5 Å². The van der Waals surface area contributed by atoms with Gasteiger partial charge in [0.15, 0.2) is 5.95 Å². The zero-order chi connectivity index (χ0) is 9.97. The minimum absolute atomic E-state index is 0.354. The van der Waals surface area contributed by atoms with Crippen LogP contribution in [0.25, 0.3) is 11.3 Å². The number of aromatic amines is 1. The quantitative estimate of drug-likeness (QED) is 0.705. The maximum absolute atomic E-state index is 8.87. The Labute approximate surface area is 81.0 Å². The largest absolute Gasteiger partial charge is 0.369 e. The summed E-state index contributed by atoms with van der Waals surface area (Å²) in [6, 6.07) is 9.41. The smallest absolute Gasteiger partial charge is 0.197 e. The molecule has 0 aliphatic carbocycles. The lowest BCUT2D eigenvalue weighted by atomic mass is 10.1. The van der Waals surface area contributed by atoms with Gasteiger partial charge in [0, 0.05) is 5.56 Å². The van der Waals surface area contributed by atoms with Crippen molar-refractivity contribution in [2.24, 2.45) is 0 Å². The summed E-state index contributed by atoms with van der Waals surface area (Å²) in [5, 5.41) is 8.87. The second-order valence-corrected chi connectivity index (χ2v) is 2.84. The number of hydrogen-bond acceptors (Lipinski definition) is 3. The molecule has 1 aromatic heterocycles. The normalized spacial score (nSPS) is 9.64. The molecule has 2 aromatic rings. The molecular weight excluding hydrogens is 176 g/mol. The number of H-pyrrole nitrogens is 1. The zero-order valence-corrected chi connectivity index (χ0v) is 7.36. The first kappa shape index (κ1) is 8.32. The Balaban J connectivity index is 2.57. The number of benzene rings is 1. The van der Waals surface area contributed by atoms with Crippen LogP contribution < -0.4 is 5.73 Å². The van der Waals surface area contributed by atoms with E-state index in [4.69, 9.17) is 11.0 Å². The highest BCUT2D eigenvalue weighted by Crippen LogP contribution is 2.21. The van der Waals surface area contributed by atoms with Crippen molar-refractivity contribution < 1.29 is 0 Å². The number of nitrogens with one attached hydrogen (secondary N) is 1. The van der Waals surface area contributed by atoms with E-state index >= 15 is 0 Å². The van der Waals surface area contributed by atoms with Gasteiger partial charge in [-0.05, 0) is 6.07 Å². The third kappa shape index (κ3) is 1.31. The predicted octanol–water partition coefficient (Wildman–Crippen LogP) is 1.53. The summed E-state index contributed by atoms with van der Waals surface area (Å²) in [7, 11) is 0. The van der Waals surface area contributed by atoms with Crippen LogP contribution in [0.2, 0.25) is 0 Å². The number of anilines is 1. The van der Waals surface area contributed by atoms with Crippen LogP contribution in [-0.4, -0.2) is 9.97 Å². The SMILES string of the molecule is N#Cc1ccccc1-c1cnc(N)[nH]1. The molecule has 0 unspecified atom stereocenters. The molecule has 0 radical (unpaired) electrons. The van der Waals surface area contributed by atoms with Gasteiger partial charge in [0.25, 0.3) is 0 Å². The van der Waals surface area contributed by atoms with Crippen molar-refractivity contribution in [1.29, 1.82) is 5.26 Å². The number of imidazole rings is 1. The van der Waals surface area contributed by atoms with Gasteiger partial charge < -0.3 is 10.7 Å². The zero-order valence-electron chi connectivity index (χ0n) is 7.36. The summed E-state index contributed by atoms with van der Waals surface area (Å²) in [5.41, 5.74) is 7.65. The fraction of sp³-hybridized carbons (Fsp3) is 0. The molecule has 2 rings (SSSR count). The standard InChI is InChI=1S/C10H8N4/c11-5-7-3-1-2-4-8(7)9-6-13-10(12)14-9/h1-4,6H,(H3,12,13,14). The minimum atomic E-state index is 0.354. The molecule has 0 fully saturated rings. The van der Waals surface area contributed by atoms with E-state index in [1.165, 1.54) is 0 Å². The molecule has 14 heavy (non-hydrogen) atoms. The summed E-state index contributed by atoms with van der Waals surface area (Å²) in [5.74, 6) is 0.354. The van der Waals surface area contributed by atoms with Crippen LogP contribution in [0.3, 0.4) is 0 Å². The Kier molecular flexibility index (Phi) is 1.92. The topological polar surface area (TPSA) is 78.5 Å². The number of aromatic nitrogens is 2. The van der Waals surface area contributed by atoms with Crippen molar-refractivity contribution in [1.82, 2.24) is 9.97 Å². The second-order valence-electron chi connectivity index (χ2n) is 2.84. The van der Waals surface area contributed by atoms with Crippen LogP contribution >= 0.6 is 0 Å². The lowest BCUT2D eigenvalue weighted by Crippen LogP contribution is -1.87. The van der Waals surface area contributed by atoms with Crippen molar-refractivity contribution in [3.8, 4) is 17.3 Å². The molecular formula is C10H8N4. The number of nitrogens with zero attached hydrogens (tertiary/aromatic N) is 2. The van der Waals surface area contributed by atoms with Gasteiger partial charge in [0.05, 0.1) is 23.5 Å². The molecule has 1 heterocycles. The minimum Gasteiger partial charge on any atom is -0.369 e. The first-order valence-electron chi connectivity index (χ1n) is 4.11. The van der Waals surface area contributed by atoms with E-state index in [0.717, 1.165) is 11.3 Å². The fourth-order valence-electron chi connectivity index (χ4n) is 1.29. The van der Waals surface area contributed by atoms with Crippen LogP contribution in [0.15, 0.2) is 30.5 Å². The van der Waals surface area contributed by atoms with E-state index in [9.17, 15) is 0 Å². The molecule has 0 aliphatic rings. The van der Waals surface area contributed by atoms with Gasteiger partial charge in [-0.3, -0.25) is 0 Å². The Morgan fingerprint density at radius 1 is 1.36 bits per heavy atom. The Morgan fingerprint density at radius 2 is 2.14 bits per heavy atom. The summed E-state index contributed by atoms with van der Waals surface area (Å²) in [6.07, 6.45) is 1.62. The first-order chi connectivity index (χ1) is 6.81. The van der Waals surface area contributed by atoms with Gasteiger partial charge in [0.1, 0.15) is 0 Å². The molecule has 3 N–H and O–H groups in total. The van der Waals surface area contributed by atoms with Crippen molar-refractivity contribution in [2.75, 3.05) is 5.73 Å². The van der Waals surface area contributed by atoms with Crippen LogP contribution in [-0.2, 0) is 0 Å². The molecule has 1 aromatic carbocycles. The highest BCUT2D eigenvalue weighted by Gasteiger charge is 2.05. The molecule has 0 saturated carbocycles. The lowest BCUT2D eigenvalue weighted by molar-refractivity contribution is 1.32. The summed E-state index contributed by atoms with van der Waals surface area (Å²) in [4.78, 5) is 6.76. The second kappa shape index (κ2) is 3.23. The van der Waals surface area contributed by atoms with Gasteiger partial charge in [-0.15, -0.1) is 0 Å². The molecule has 0 saturated heterocycles. The molecule has 0 aliphatic heterocycles. The average Bonchev–Trinajstić information content (AvgIpc) is 2.65. The Bertz CT molecular complexity index is 493. The molecule has 0 spiro atoms. The number of nitrogen functional groups attached to an aromatic ring is 1. The van der Waals surface area contributed by atoms with E-state index in [2.05, 4.69) is 16.0 Å². The molecule has 0 atom stereocenters. The van der Waals surface area contributed by atoms with Crippen molar-refractivity contribution in [3.05, 3.63) is 36.0 Å². The van der Waals surface area contributed by atoms with Crippen molar-refractivity contribution in [2.45, 2.75) is 0 Å². The van der Waals surface area contributed by atoms with E-state index in [1.807, 2.05) is 18.2 Å². The molecule has 4 nitrogen and oxygen atoms in total. The van der Waals surface area contributed by atoms with Gasteiger partial charge in [-0.2, -0.15) is 5.26 Å². The number of rotatable bonds is 1. The van der Waals surface area contributed by atoms with Gasteiger partial charge in [-0.1, -0.05) is 18.2 Å². The van der Waals surface area contributed by atoms with E-state index < -0.39 is 0 Å². The summed E-state index contributed by atoms with van der Waals surface area (Å²) >= 11 is 0. The van der Waals surface area contributed by atoms with E-state index in [1.54, 1.807) is 12.3 Å². The van der Waals surface area contributed by atoms with E-state index in [-0.39, 0.29) is 0 Å². The molecule has 0 bridgehead atoms. The molecule has 4 heteroatoms. The van der Waals surface area contributed by atoms with Gasteiger partial charge in [-0.25, -0.2) is 4.98 Å². The van der Waals surface area contributed by atoms with Gasteiger partial charge in [0.2, 0.25) is 0 Å².